The number of benzene rings is 2. The molecule has 1 aliphatic rings. The Bertz CT molecular complexity index is 1100. The molecule has 2 aromatic carbocycles. The molecular weight excluding hydrogens is 428 g/mol. The zero-order chi connectivity index (χ0) is 22.3. The normalized spacial score (nSPS) is 19.7. The number of esters is 1. The Kier molecular flexibility index (Phi) is 5.40. The fraction of sp³-hybridized carbons (Fsp3) is 0.250. The third-order valence-corrected chi connectivity index (χ3v) is 5.53. The molecule has 0 unspecified atom stereocenters. The van der Waals surface area contributed by atoms with Crippen molar-refractivity contribution in [3.63, 3.8) is 0 Å². The van der Waals surface area contributed by atoms with Gasteiger partial charge >= 0.3 is 12.1 Å². The molecule has 0 aromatic heterocycles. The Morgan fingerprint density at radius 3 is 2.10 bits per heavy atom. The minimum atomic E-state index is -4.67. The van der Waals surface area contributed by atoms with Crippen molar-refractivity contribution in [2.75, 3.05) is 6.26 Å². The van der Waals surface area contributed by atoms with Gasteiger partial charge in [0.1, 0.15) is 17.2 Å². The van der Waals surface area contributed by atoms with E-state index in [1.54, 1.807) is 0 Å². The van der Waals surface area contributed by atoms with Crippen LogP contribution in [0.3, 0.4) is 0 Å². The van der Waals surface area contributed by atoms with Gasteiger partial charge in [0.05, 0.1) is 16.9 Å². The molecule has 1 atom stereocenters. The van der Waals surface area contributed by atoms with Crippen molar-refractivity contribution in [2.45, 2.75) is 30.0 Å². The van der Waals surface area contributed by atoms with E-state index in [2.05, 4.69) is 0 Å². The monoisotopic (exact) mass is 444 g/mol. The van der Waals surface area contributed by atoms with Crippen LogP contribution in [0.2, 0.25) is 0 Å². The molecule has 2 aromatic rings. The molecule has 160 valence electrons. The number of halogens is 4. The van der Waals surface area contributed by atoms with Crippen LogP contribution in [0.4, 0.5) is 17.6 Å². The number of alkyl halides is 3. The molecule has 10 heteroatoms. The molecule has 0 N–H and O–H groups in total. The molecule has 0 aliphatic carbocycles. The third kappa shape index (κ3) is 4.64. The Morgan fingerprint density at radius 1 is 1.03 bits per heavy atom. The average molecular weight is 444 g/mol. The number of cyclic esters (lactones) is 1. The molecule has 0 amide bonds. The molecule has 3 rings (SSSR count). The van der Waals surface area contributed by atoms with Crippen molar-refractivity contribution in [1.29, 1.82) is 0 Å². The summed E-state index contributed by atoms with van der Waals surface area (Å²) in [6.45, 7) is 1.10. The minimum Gasteiger partial charge on any atom is -0.449 e. The smallest absolute Gasteiger partial charge is 0.393 e. The van der Waals surface area contributed by atoms with E-state index in [0.29, 0.717) is 0 Å². The summed E-state index contributed by atoms with van der Waals surface area (Å²) in [6, 6.07) is 9.51. The first-order valence-electron chi connectivity index (χ1n) is 8.57. The van der Waals surface area contributed by atoms with Crippen LogP contribution in [-0.4, -0.2) is 32.4 Å². The van der Waals surface area contributed by atoms with E-state index in [-0.39, 0.29) is 21.8 Å². The van der Waals surface area contributed by atoms with E-state index >= 15 is 0 Å². The van der Waals surface area contributed by atoms with Gasteiger partial charge in [-0.05, 0) is 48.9 Å². The number of hydrogen-bond donors (Lipinski definition) is 0. The first-order valence-corrected chi connectivity index (χ1v) is 10.5. The highest BCUT2D eigenvalue weighted by atomic mass is 32.2. The fourth-order valence-corrected chi connectivity index (χ4v) is 3.80. The number of rotatable bonds is 5. The maximum Gasteiger partial charge on any atom is 0.393 e. The van der Waals surface area contributed by atoms with Gasteiger partial charge in [0.2, 0.25) is 5.76 Å². The summed E-state index contributed by atoms with van der Waals surface area (Å²) in [5.41, 5.74) is -2.16. The molecular formula is C20H16F4O5S. The predicted molar refractivity (Wildman–Crippen MR) is 98.7 cm³/mol. The van der Waals surface area contributed by atoms with Crippen molar-refractivity contribution in [1.82, 2.24) is 0 Å². The molecule has 0 radical (unpaired) electrons. The summed E-state index contributed by atoms with van der Waals surface area (Å²) in [4.78, 5) is 12.4. The highest BCUT2D eigenvalue weighted by Crippen LogP contribution is 2.46. The number of carbonyl (C=O) groups excluding carboxylic acids is 1. The maximum atomic E-state index is 13.2. The molecule has 0 saturated heterocycles. The van der Waals surface area contributed by atoms with E-state index in [4.69, 9.17) is 9.47 Å². The second-order valence-electron chi connectivity index (χ2n) is 6.97. The van der Waals surface area contributed by atoms with Gasteiger partial charge in [-0.3, -0.25) is 0 Å². The van der Waals surface area contributed by atoms with Crippen LogP contribution in [0.1, 0.15) is 18.9 Å². The van der Waals surface area contributed by atoms with Gasteiger partial charge < -0.3 is 9.47 Å². The van der Waals surface area contributed by atoms with Gasteiger partial charge in [-0.2, -0.15) is 13.2 Å². The second kappa shape index (κ2) is 7.42. The summed E-state index contributed by atoms with van der Waals surface area (Å²) in [5, 5.41) is 0. The number of hydrogen-bond acceptors (Lipinski definition) is 5. The lowest BCUT2D eigenvalue weighted by Crippen LogP contribution is -2.33. The summed E-state index contributed by atoms with van der Waals surface area (Å²) < 4.78 is 86.6. The van der Waals surface area contributed by atoms with Gasteiger partial charge in [-0.15, -0.1) is 0 Å². The largest absolute Gasteiger partial charge is 0.449 e. The molecule has 30 heavy (non-hydrogen) atoms. The first kappa shape index (κ1) is 21.8. The fourth-order valence-electron chi connectivity index (χ4n) is 3.17. The van der Waals surface area contributed by atoms with E-state index in [0.717, 1.165) is 25.3 Å². The van der Waals surface area contributed by atoms with Crippen LogP contribution in [0.5, 0.6) is 5.75 Å². The Morgan fingerprint density at radius 2 is 1.60 bits per heavy atom. The lowest BCUT2D eigenvalue weighted by Gasteiger charge is -2.27. The Hall–Kier alpha value is -2.88. The molecule has 1 aliphatic heterocycles. The van der Waals surface area contributed by atoms with Crippen molar-refractivity contribution in [2.24, 2.45) is 0 Å². The topological polar surface area (TPSA) is 69.7 Å². The second-order valence-corrected chi connectivity index (χ2v) is 8.98. The van der Waals surface area contributed by atoms with E-state index in [1.807, 2.05) is 0 Å². The van der Waals surface area contributed by atoms with Gasteiger partial charge in [0.15, 0.2) is 9.84 Å². The van der Waals surface area contributed by atoms with Gasteiger partial charge in [0, 0.05) is 6.26 Å². The maximum absolute atomic E-state index is 13.2. The van der Waals surface area contributed by atoms with Crippen LogP contribution >= 0.6 is 0 Å². The number of ether oxygens (including phenoxy) is 2. The summed E-state index contributed by atoms with van der Waals surface area (Å²) in [7, 11) is -3.54. The molecule has 0 fully saturated rings. The predicted octanol–water partition coefficient (Wildman–Crippen LogP) is 4.29. The lowest BCUT2D eigenvalue weighted by atomic mass is 9.87. The van der Waals surface area contributed by atoms with Crippen molar-refractivity contribution in [3.05, 3.63) is 65.7 Å². The zero-order valence-electron chi connectivity index (χ0n) is 15.8. The van der Waals surface area contributed by atoms with Crippen LogP contribution in [-0.2, 0) is 19.4 Å². The summed E-state index contributed by atoms with van der Waals surface area (Å²) in [5.74, 6) is -2.15. The number of carbonyl (C=O) groups is 1. The van der Waals surface area contributed by atoms with Gasteiger partial charge in [-0.1, -0.05) is 12.1 Å². The standard InChI is InChI=1S/C20H16F4O5S/c1-19(11-20(22,23)24)16(12-3-9-15(10-4-12)30(2,26)27)17(18(25)29-19)28-14-7-5-13(21)6-8-14/h3-10H,11H2,1-2H3/t19-/m1/s1. The third-order valence-electron chi connectivity index (χ3n) is 4.40. The Balaban J connectivity index is 2.14. The van der Waals surface area contributed by atoms with Crippen LogP contribution in [0.15, 0.2) is 59.2 Å². The zero-order valence-corrected chi connectivity index (χ0v) is 16.6. The summed E-state index contributed by atoms with van der Waals surface area (Å²) >= 11 is 0. The van der Waals surface area contributed by atoms with Crippen LogP contribution < -0.4 is 4.74 Å². The molecule has 5 nitrogen and oxygen atoms in total. The molecule has 0 spiro atoms. The average Bonchev–Trinajstić information content (AvgIpc) is 2.84. The van der Waals surface area contributed by atoms with Crippen molar-refractivity contribution in [3.8, 4) is 5.75 Å². The first-order chi connectivity index (χ1) is 13.8. The molecule has 0 saturated carbocycles. The number of sulfone groups is 1. The highest BCUT2D eigenvalue weighted by molar-refractivity contribution is 7.90. The SMILES string of the molecule is C[C@]1(CC(F)(F)F)OC(=O)C(Oc2ccc(F)cc2)=C1c1ccc(S(C)(=O)=O)cc1. The van der Waals surface area contributed by atoms with Crippen molar-refractivity contribution < 1.29 is 40.2 Å². The van der Waals surface area contributed by atoms with E-state index in [1.165, 1.54) is 36.4 Å². The van der Waals surface area contributed by atoms with E-state index < -0.39 is 45.6 Å². The highest BCUT2D eigenvalue weighted by Gasteiger charge is 2.52. The lowest BCUT2D eigenvalue weighted by molar-refractivity contribution is -0.176. The van der Waals surface area contributed by atoms with Crippen LogP contribution in [0.25, 0.3) is 5.57 Å². The van der Waals surface area contributed by atoms with Crippen LogP contribution in [0, 0.1) is 5.82 Å². The van der Waals surface area contributed by atoms with Gasteiger partial charge in [-0.25, -0.2) is 17.6 Å². The van der Waals surface area contributed by atoms with Gasteiger partial charge in [0.25, 0.3) is 0 Å². The van der Waals surface area contributed by atoms with Crippen molar-refractivity contribution >= 4 is 21.4 Å². The van der Waals surface area contributed by atoms with E-state index in [9.17, 15) is 30.8 Å². The Labute approximate surface area is 169 Å². The minimum absolute atomic E-state index is 0.0184. The quantitative estimate of drug-likeness (QED) is 0.509. The molecule has 0 bridgehead atoms. The summed E-state index contributed by atoms with van der Waals surface area (Å²) in [6.07, 6.45) is -5.16. The molecule has 1 heterocycles.